The molecule has 0 aliphatic rings. The predicted octanol–water partition coefficient (Wildman–Crippen LogP) is 1.68. The number of aromatic carboxylic acids is 1. The van der Waals surface area contributed by atoms with Gasteiger partial charge in [0.2, 0.25) is 0 Å². The number of nitrogens with zero attached hydrogens (tertiary/aromatic N) is 1. The topological polar surface area (TPSA) is 104 Å². The van der Waals surface area contributed by atoms with Gasteiger partial charge in [-0.15, -0.1) is 0 Å². The number of aromatic amines is 1. The molecule has 20 heavy (non-hydrogen) atoms. The van der Waals surface area contributed by atoms with Crippen molar-refractivity contribution >= 4 is 17.6 Å². The van der Waals surface area contributed by atoms with E-state index in [0.717, 1.165) is 0 Å². The summed E-state index contributed by atoms with van der Waals surface area (Å²) in [7, 11) is 1.44. The van der Waals surface area contributed by atoms with E-state index >= 15 is 0 Å². The highest BCUT2D eigenvalue weighted by Gasteiger charge is 2.16. The van der Waals surface area contributed by atoms with E-state index in [1.54, 1.807) is 13.0 Å². The minimum absolute atomic E-state index is 0.0427. The van der Waals surface area contributed by atoms with Crippen LogP contribution in [0.25, 0.3) is 0 Å². The number of nitrogens with one attached hydrogen (secondary N) is 2. The number of aromatic nitrogens is 2. The predicted molar refractivity (Wildman–Crippen MR) is 71.2 cm³/mol. The van der Waals surface area contributed by atoms with Gasteiger partial charge in [-0.3, -0.25) is 9.89 Å². The van der Waals surface area contributed by atoms with Gasteiger partial charge in [-0.2, -0.15) is 5.10 Å². The highest BCUT2D eigenvalue weighted by atomic mass is 16.5. The molecular weight excluding hydrogens is 262 g/mol. The van der Waals surface area contributed by atoms with Gasteiger partial charge in [0, 0.05) is 5.69 Å². The van der Waals surface area contributed by atoms with Crippen molar-refractivity contribution < 1.29 is 19.4 Å². The first-order valence-corrected chi connectivity index (χ1v) is 5.75. The van der Waals surface area contributed by atoms with Crippen LogP contribution in [0.2, 0.25) is 0 Å². The summed E-state index contributed by atoms with van der Waals surface area (Å²) in [5.41, 5.74) is 1.12. The highest BCUT2D eigenvalue weighted by Crippen LogP contribution is 2.23. The van der Waals surface area contributed by atoms with Gasteiger partial charge < -0.3 is 15.2 Å². The summed E-state index contributed by atoms with van der Waals surface area (Å²) >= 11 is 0. The van der Waals surface area contributed by atoms with Gasteiger partial charge in [0.05, 0.1) is 30.1 Å². The third kappa shape index (κ3) is 2.61. The molecule has 2 aromatic rings. The molecule has 104 valence electrons. The van der Waals surface area contributed by atoms with Crippen LogP contribution >= 0.6 is 0 Å². The number of hydrogen-bond acceptors (Lipinski definition) is 4. The molecule has 3 N–H and O–H groups in total. The van der Waals surface area contributed by atoms with Crippen molar-refractivity contribution in [1.82, 2.24) is 10.2 Å². The molecule has 0 radical (unpaired) electrons. The lowest BCUT2D eigenvalue weighted by atomic mass is 10.1. The minimum atomic E-state index is -1.15. The summed E-state index contributed by atoms with van der Waals surface area (Å²) < 4.78 is 4.97. The number of carbonyl (C=O) groups is 2. The van der Waals surface area contributed by atoms with E-state index in [1.807, 2.05) is 0 Å². The average Bonchev–Trinajstić information content (AvgIpc) is 2.85. The van der Waals surface area contributed by atoms with Gasteiger partial charge in [0.1, 0.15) is 5.75 Å². The van der Waals surface area contributed by atoms with Crippen LogP contribution in [0.1, 0.15) is 26.4 Å². The molecule has 0 aliphatic carbocycles. The summed E-state index contributed by atoms with van der Waals surface area (Å²) in [5.74, 6) is -1.17. The van der Waals surface area contributed by atoms with Crippen LogP contribution in [-0.4, -0.2) is 34.3 Å². The number of amides is 1. The maximum absolute atomic E-state index is 12.0. The Kier molecular flexibility index (Phi) is 3.69. The molecule has 0 saturated carbocycles. The second-order valence-corrected chi connectivity index (χ2v) is 4.08. The molecule has 1 aromatic carbocycles. The number of carbonyl (C=O) groups excluding carboxylic acids is 1. The average molecular weight is 275 g/mol. The number of H-pyrrole nitrogens is 1. The highest BCUT2D eigenvalue weighted by molar-refractivity contribution is 6.08. The molecule has 1 amide bonds. The molecule has 0 atom stereocenters. The largest absolute Gasteiger partial charge is 0.497 e. The molecular formula is C13H13N3O4. The molecule has 2 rings (SSSR count). The monoisotopic (exact) mass is 275 g/mol. The second-order valence-electron chi connectivity index (χ2n) is 4.08. The Balaban J connectivity index is 2.32. The SMILES string of the molecule is COc1ccc(NC(=O)c2cn[nH]c2C)c(C(=O)O)c1. The quantitative estimate of drug-likeness (QED) is 0.787. The van der Waals surface area contributed by atoms with Gasteiger partial charge in [0.25, 0.3) is 5.91 Å². The summed E-state index contributed by atoms with van der Waals surface area (Å²) in [5, 5.41) is 18.1. The van der Waals surface area contributed by atoms with Gasteiger partial charge in [-0.1, -0.05) is 0 Å². The number of aryl methyl sites for hydroxylation is 1. The van der Waals surface area contributed by atoms with E-state index < -0.39 is 11.9 Å². The minimum Gasteiger partial charge on any atom is -0.497 e. The van der Waals surface area contributed by atoms with Crippen LogP contribution in [-0.2, 0) is 0 Å². The van der Waals surface area contributed by atoms with Crippen LogP contribution in [0.5, 0.6) is 5.75 Å². The molecule has 1 heterocycles. The van der Waals surface area contributed by atoms with Gasteiger partial charge in [0.15, 0.2) is 0 Å². The normalized spacial score (nSPS) is 10.1. The number of benzene rings is 1. The molecule has 0 fully saturated rings. The number of hydrogen-bond donors (Lipinski definition) is 3. The van der Waals surface area contributed by atoms with Crippen molar-refractivity contribution in [2.24, 2.45) is 0 Å². The summed E-state index contributed by atoms with van der Waals surface area (Å²) in [4.78, 5) is 23.2. The number of carboxylic acid groups (broad SMARTS) is 1. The first-order chi connectivity index (χ1) is 9.52. The smallest absolute Gasteiger partial charge is 0.337 e. The van der Waals surface area contributed by atoms with Crippen molar-refractivity contribution in [3.05, 3.63) is 41.2 Å². The van der Waals surface area contributed by atoms with Crippen molar-refractivity contribution in [3.8, 4) is 5.75 Å². The van der Waals surface area contributed by atoms with E-state index in [0.29, 0.717) is 17.0 Å². The van der Waals surface area contributed by atoms with Gasteiger partial charge >= 0.3 is 5.97 Å². The third-order valence-electron chi connectivity index (χ3n) is 2.78. The first-order valence-electron chi connectivity index (χ1n) is 5.75. The lowest BCUT2D eigenvalue weighted by molar-refractivity contribution is 0.0697. The molecule has 0 saturated heterocycles. The maximum Gasteiger partial charge on any atom is 0.337 e. The number of rotatable bonds is 4. The number of anilines is 1. The molecule has 7 nitrogen and oxygen atoms in total. The van der Waals surface area contributed by atoms with E-state index in [1.165, 1.54) is 25.4 Å². The van der Waals surface area contributed by atoms with E-state index in [-0.39, 0.29) is 11.3 Å². The second kappa shape index (κ2) is 5.43. The van der Waals surface area contributed by atoms with Crippen LogP contribution in [0, 0.1) is 6.92 Å². The summed E-state index contributed by atoms with van der Waals surface area (Å²) in [6.07, 6.45) is 1.38. The molecule has 0 unspecified atom stereocenters. The maximum atomic E-state index is 12.0. The van der Waals surface area contributed by atoms with Gasteiger partial charge in [-0.05, 0) is 25.1 Å². The molecule has 0 bridgehead atoms. The van der Waals surface area contributed by atoms with Crippen molar-refractivity contribution in [2.75, 3.05) is 12.4 Å². The fourth-order valence-electron chi connectivity index (χ4n) is 1.71. The van der Waals surface area contributed by atoms with E-state index in [4.69, 9.17) is 9.84 Å². The van der Waals surface area contributed by atoms with Crippen molar-refractivity contribution in [1.29, 1.82) is 0 Å². The lowest BCUT2D eigenvalue weighted by Crippen LogP contribution is -2.15. The van der Waals surface area contributed by atoms with E-state index in [9.17, 15) is 9.59 Å². The summed E-state index contributed by atoms with van der Waals surface area (Å²) in [6.45, 7) is 1.70. The zero-order chi connectivity index (χ0) is 14.7. The Hall–Kier alpha value is -2.83. The number of ether oxygens (including phenoxy) is 1. The van der Waals surface area contributed by atoms with Crippen LogP contribution in [0.3, 0.4) is 0 Å². The lowest BCUT2D eigenvalue weighted by Gasteiger charge is -2.09. The van der Waals surface area contributed by atoms with Crippen molar-refractivity contribution in [2.45, 2.75) is 6.92 Å². The number of carboxylic acids is 1. The number of methoxy groups -OCH3 is 1. The molecule has 7 heteroatoms. The standard InChI is InChI=1S/C13H13N3O4/c1-7-10(6-14-16-7)12(17)15-11-4-3-8(20-2)5-9(11)13(18)19/h3-6H,1-2H3,(H,14,16)(H,15,17)(H,18,19). The van der Waals surface area contributed by atoms with Crippen LogP contribution in [0.15, 0.2) is 24.4 Å². The molecule has 0 aliphatic heterocycles. The Morgan fingerprint density at radius 2 is 2.10 bits per heavy atom. The first kappa shape index (κ1) is 13.6. The molecule has 0 spiro atoms. The zero-order valence-electron chi connectivity index (χ0n) is 10.9. The Morgan fingerprint density at radius 1 is 1.35 bits per heavy atom. The van der Waals surface area contributed by atoms with Gasteiger partial charge in [-0.25, -0.2) is 4.79 Å². The Labute approximate surface area is 114 Å². The van der Waals surface area contributed by atoms with E-state index in [2.05, 4.69) is 15.5 Å². The Morgan fingerprint density at radius 3 is 2.65 bits per heavy atom. The van der Waals surface area contributed by atoms with Crippen LogP contribution < -0.4 is 10.1 Å². The molecule has 1 aromatic heterocycles. The van der Waals surface area contributed by atoms with Crippen molar-refractivity contribution in [3.63, 3.8) is 0 Å². The Bertz CT molecular complexity index is 663. The fraction of sp³-hybridized carbons (Fsp3) is 0.154. The summed E-state index contributed by atoms with van der Waals surface area (Å²) in [6, 6.07) is 4.40. The zero-order valence-corrected chi connectivity index (χ0v) is 10.9. The third-order valence-corrected chi connectivity index (χ3v) is 2.78. The van der Waals surface area contributed by atoms with Crippen LogP contribution in [0.4, 0.5) is 5.69 Å². The fourth-order valence-corrected chi connectivity index (χ4v) is 1.71.